The highest BCUT2D eigenvalue weighted by atomic mass is 28.4. The van der Waals surface area contributed by atoms with Gasteiger partial charge in [-0.1, -0.05) is 19.8 Å². The number of unbranched alkanes of at least 4 members (excludes halogenated alkanes) is 2. The van der Waals surface area contributed by atoms with E-state index in [4.69, 9.17) is 5.26 Å². The van der Waals surface area contributed by atoms with Crippen LogP contribution >= 0.6 is 0 Å². The molecule has 0 saturated heterocycles. The molecule has 1 nitrogen and oxygen atoms in total. The lowest BCUT2D eigenvalue weighted by atomic mass is 10.4. The van der Waals surface area contributed by atoms with Gasteiger partial charge in [-0.25, -0.2) is 0 Å². The van der Waals surface area contributed by atoms with E-state index < -0.39 is 8.74 Å². The molecule has 0 bridgehead atoms. The van der Waals surface area contributed by atoms with Gasteiger partial charge in [0.1, 0.15) is 0 Å². The minimum atomic E-state index is -3.91. The molecule has 0 heterocycles. The summed E-state index contributed by atoms with van der Waals surface area (Å²) in [7, 11) is -3.91. The minimum absolute atomic E-state index is 0.000556. The average molecular weight is 191 g/mol. The molecule has 70 valence electrons. The lowest BCUT2D eigenvalue weighted by molar-refractivity contribution is 0.568. The Balaban J connectivity index is 3.50. The highest BCUT2D eigenvalue weighted by Gasteiger charge is 2.33. The fourth-order valence-electron chi connectivity index (χ4n) is 0.986. The summed E-state index contributed by atoms with van der Waals surface area (Å²) < 4.78 is 25.9. The molecule has 0 aromatic heterocycles. The summed E-state index contributed by atoms with van der Waals surface area (Å²) in [4.78, 5) is 0. The zero-order valence-corrected chi connectivity index (χ0v) is 8.45. The monoisotopic (exact) mass is 191 g/mol. The summed E-state index contributed by atoms with van der Waals surface area (Å²) >= 11 is 0. The largest absolute Gasteiger partial charge is 0.425 e. The standard InChI is InChI=1S/C8H15F2NSi/c1-2-3-7-12(9,10)8-5-4-6-11/h2-5,7-8H2,1H3. The fourth-order valence-corrected chi connectivity index (χ4v) is 2.80. The van der Waals surface area contributed by atoms with Gasteiger partial charge >= 0.3 is 8.74 Å². The number of halogens is 2. The lowest BCUT2D eigenvalue weighted by Crippen LogP contribution is -2.21. The van der Waals surface area contributed by atoms with Crippen LogP contribution in [-0.2, 0) is 0 Å². The molecule has 0 aromatic rings. The van der Waals surface area contributed by atoms with Crippen molar-refractivity contribution in [3.8, 4) is 6.07 Å². The van der Waals surface area contributed by atoms with Crippen molar-refractivity contribution in [1.82, 2.24) is 0 Å². The highest BCUT2D eigenvalue weighted by Crippen LogP contribution is 2.23. The van der Waals surface area contributed by atoms with Gasteiger partial charge in [0.2, 0.25) is 0 Å². The van der Waals surface area contributed by atoms with E-state index in [0.29, 0.717) is 12.8 Å². The van der Waals surface area contributed by atoms with E-state index in [1.54, 1.807) is 0 Å². The van der Waals surface area contributed by atoms with Crippen molar-refractivity contribution >= 4 is 8.74 Å². The van der Waals surface area contributed by atoms with E-state index in [1.165, 1.54) is 0 Å². The van der Waals surface area contributed by atoms with Crippen LogP contribution in [0.15, 0.2) is 0 Å². The van der Waals surface area contributed by atoms with E-state index in [-0.39, 0.29) is 18.5 Å². The molecular formula is C8H15F2NSi. The first kappa shape index (κ1) is 11.6. The van der Waals surface area contributed by atoms with Crippen LogP contribution in [0.5, 0.6) is 0 Å². The van der Waals surface area contributed by atoms with Crippen LogP contribution in [0.1, 0.15) is 32.6 Å². The molecule has 0 unspecified atom stereocenters. The van der Waals surface area contributed by atoms with E-state index in [1.807, 2.05) is 13.0 Å². The first-order valence-corrected chi connectivity index (χ1v) is 6.54. The van der Waals surface area contributed by atoms with Crippen molar-refractivity contribution < 1.29 is 8.22 Å². The third kappa shape index (κ3) is 6.29. The summed E-state index contributed by atoms with van der Waals surface area (Å²) in [6.45, 7) is 1.92. The van der Waals surface area contributed by atoms with E-state index in [9.17, 15) is 8.22 Å². The van der Waals surface area contributed by atoms with Gasteiger partial charge in [-0.15, -0.1) is 0 Å². The maximum absolute atomic E-state index is 13.0. The number of nitrogens with zero attached hydrogens (tertiary/aromatic N) is 1. The maximum atomic E-state index is 13.0. The van der Waals surface area contributed by atoms with Gasteiger partial charge in [-0.2, -0.15) is 5.26 Å². The molecule has 0 aliphatic carbocycles. The van der Waals surface area contributed by atoms with Gasteiger partial charge in [-0.3, -0.25) is 8.22 Å². The molecule has 0 fully saturated rings. The zero-order valence-electron chi connectivity index (χ0n) is 7.45. The Bertz CT molecular complexity index is 154. The molecule has 0 rings (SSSR count). The van der Waals surface area contributed by atoms with Crippen LogP contribution in [0.2, 0.25) is 12.1 Å². The second kappa shape index (κ2) is 6.12. The predicted molar refractivity (Wildman–Crippen MR) is 47.3 cm³/mol. The van der Waals surface area contributed by atoms with Crippen molar-refractivity contribution in [1.29, 1.82) is 5.26 Å². The molecule has 4 heteroatoms. The summed E-state index contributed by atoms with van der Waals surface area (Å²) in [5, 5.41) is 8.16. The Morgan fingerprint density at radius 3 is 2.33 bits per heavy atom. The Hall–Kier alpha value is -0.433. The molecule has 0 radical (unpaired) electrons. The maximum Gasteiger partial charge on any atom is 0.425 e. The molecule has 0 saturated carbocycles. The number of hydrogen-bond acceptors (Lipinski definition) is 1. The average Bonchev–Trinajstić information content (AvgIpc) is 2.01. The fraction of sp³-hybridized carbons (Fsp3) is 0.875. The van der Waals surface area contributed by atoms with Crippen LogP contribution < -0.4 is 0 Å². The van der Waals surface area contributed by atoms with Crippen LogP contribution in [-0.4, -0.2) is 8.74 Å². The molecular weight excluding hydrogens is 176 g/mol. The summed E-state index contributed by atoms with van der Waals surface area (Å²) in [5.74, 6) is 0. The third-order valence-electron chi connectivity index (χ3n) is 1.73. The summed E-state index contributed by atoms with van der Waals surface area (Å²) in [5.41, 5.74) is 0. The Morgan fingerprint density at radius 1 is 1.25 bits per heavy atom. The van der Waals surface area contributed by atoms with Crippen LogP contribution in [0.4, 0.5) is 8.22 Å². The van der Waals surface area contributed by atoms with Crippen LogP contribution in [0.25, 0.3) is 0 Å². The van der Waals surface area contributed by atoms with Crippen LogP contribution in [0.3, 0.4) is 0 Å². The van der Waals surface area contributed by atoms with Gasteiger partial charge in [0.25, 0.3) is 0 Å². The van der Waals surface area contributed by atoms with Gasteiger partial charge < -0.3 is 0 Å². The minimum Gasteiger partial charge on any atom is -0.270 e. The molecule has 0 spiro atoms. The number of nitriles is 1. The predicted octanol–water partition coefficient (Wildman–Crippen LogP) is 3.47. The first-order valence-electron chi connectivity index (χ1n) is 4.37. The van der Waals surface area contributed by atoms with Crippen LogP contribution in [0, 0.1) is 11.3 Å². The van der Waals surface area contributed by atoms with Crippen molar-refractivity contribution in [2.24, 2.45) is 0 Å². The molecule has 0 aliphatic rings. The smallest absolute Gasteiger partial charge is 0.270 e. The van der Waals surface area contributed by atoms with Gasteiger partial charge in [0.05, 0.1) is 6.07 Å². The topological polar surface area (TPSA) is 23.8 Å². The summed E-state index contributed by atoms with van der Waals surface area (Å²) in [6, 6.07) is 1.99. The van der Waals surface area contributed by atoms with Crippen molar-refractivity contribution in [3.63, 3.8) is 0 Å². The number of rotatable bonds is 6. The second-order valence-corrected chi connectivity index (χ2v) is 5.68. The zero-order chi connectivity index (χ0) is 9.45. The normalized spacial score (nSPS) is 11.2. The Labute approximate surface area is 73.7 Å². The van der Waals surface area contributed by atoms with Crippen molar-refractivity contribution in [2.75, 3.05) is 0 Å². The lowest BCUT2D eigenvalue weighted by Gasteiger charge is -2.10. The molecule has 0 aromatic carbocycles. The third-order valence-corrected chi connectivity index (χ3v) is 3.90. The molecule has 12 heavy (non-hydrogen) atoms. The Kier molecular flexibility index (Phi) is 5.90. The Morgan fingerprint density at radius 2 is 1.83 bits per heavy atom. The molecule has 0 N–H and O–H groups in total. The second-order valence-electron chi connectivity index (χ2n) is 2.97. The van der Waals surface area contributed by atoms with Crippen molar-refractivity contribution in [3.05, 3.63) is 0 Å². The molecule has 0 atom stereocenters. The van der Waals surface area contributed by atoms with E-state index >= 15 is 0 Å². The first-order chi connectivity index (χ1) is 5.62. The van der Waals surface area contributed by atoms with Gasteiger partial charge in [-0.05, 0) is 18.5 Å². The molecule has 0 amide bonds. The quantitative estimate of drug-likeness (QED) is 0.358. The summed E-state index contributed by atoms with van der Waals surface area (Å²) in [6.07, 6.45) is 2.11. The van der Waals surface area contributed by atoms with E-state index in [0.717, 1.165) is 6.42 Å². The molecule has 0 aliphatic heterocycles. The van der Waals surface area contributed by atoms with Gasteiger partial charge in [0.15, 0.2) is 0 Å². The highest BCUT2D eigenvalue weighted by molar-refractivity contribution is 6.66. The SMILES string of the molecule is CCCC[Si](F)(F)CCCC#N. The van der Waals surface area contributed by atoms with E-state index in [2.05, 4.69) is 0 Å². The van der Waals surface area contributed by atoms with Crippen molar-refractivity contribution in [2.45, 2.75) is 44.7 Å². The van der Waals surface area contributed by atoms with Gasteiger partial charge in [0, 0.05) is 6.42 Å². The number of hydrogen-bond donors (Lipinski definition) is 0.